The minimum atomic E-state index is -4.39. The van der Waals surface area contributed by atoms with Crippen LogP contribution in [-0.4, -0.2) is 11.8 Å². The Bertz CT molecular complexity index is 1080. The molecule has 0 saturated heterocycles. The van der Waals surface area contributed by atoms with Crippen LogP contribution in [0.3, 0.4) is 0 Å². The SMILES string of the molecule is O=C(NCc1ccco1)c1ccccc1NC(=O)C1CC1c1ccc(C(F)(F)F)cc1. The van der Waals surface area contributed by atoms with Gasteiger partial charge in [-0.15, -0.1) is 0 Å². The number of para-hydroxylation sites is 1. The van der Waals surface area contributed by atoms with Crippen LogP contribution in [0.2, 0.25) is 0 Å². The first kappa shape index (κ1) is 20.7. The van der Waals surface area contributed by atoms with E-state index < -0.39 is 11.7 Å². The number of halogens is 3. The number of anilines is 1. The number of alkyl halides is 3. The van der Waals surface area contributed by atoms with E-state index in [1.807, 2.05) is 0 Å². The highest BCUT2D eigenvalue weighted by Gasteiger charge is 2.44. The van der Waals surface area contributed by atoms with Crippen molar-refractivity contribution in [1.29, 1.82) is 0 Å². The van der Waals surface area contributed by atoms with Gasteiger partial charge in [0.25, 0.3) is 5.91 Å². The van der Waals surface area contributed by atoms with E-state index in [1.165, 1.54) is 18.4 Å². The van der Waals surface area contributed by atoms with Crippen LogP contribution in [0.4, 0.5) is 18.9 Å². The molecule has 8 heteroatoms. The van der Waals surface area contributed by atoms with Crippen molar-refractivity contribution >= 4 is 17.5 Å². The second-order valence-corrected chi connectivity index (χ2v) is 7.37. The van der Waals surface area contributed by atoms with Gasteiger partial charge < -0.3 is 15.1 Å². The molecule has 1 fully saturated rings. The van der Waals surface area contributed by atoms with Gasteiger partial charge in [-0.2, -0.15) is 13.2 Å². The highest BCUT2D eigenvalue weighted by atomic mass is 19.4. The third kappa shape index (κ3) is 4.79. The summed E-state index contributed by atoms with van der Waals surface area (Å²) in [5.74, 6) is -0.510. The highest BCUT2D eigenvalue weighted by molar-refractivity contribution is 6.04. The molecule has 1 aromatic heterocycles. The van der Waals surface area contributed by atoms with E-state index in [-0.39, 0.29) is 30.2 Å². The fourth-order valence-electron chi connectivity index (χ4n) is 3.46. The first-order valence-electron chi connectivity index (χ1n) is 9.70. The molecule has 1 saturated carbocycles. The summed E-state index contributed by atoms with van der Waals surface area (Å²) in [5.41, 5.74) is 0.668. The Hall–Kier alpha value is -3.55. The summed E-state index contributed by atoms with van der Waals surface area (Å²) in [6, 6.07) is 15.0. The van der Waals surface area contributed by atoms with Crippen LogP contribution in [0.15, 0.2) is 71.3 Å². The average Bonchev–Trinajstić information content (AvgIpc) is 3.39. The van der Waals surface area contributed by atoms with E-state index >= 15 is 0 Å². The fraction of sp³-hybridized carbons (Fsp3) is 0.217. The molecule has 2 aromatic carbocycles. The Morgan fingerprint density at radius 3 is 2.42 bits per heavy atom. The molecule has 160 valence electrons. The van der Waals surface area contributed by atoms with Gasteiger partial charge in [-0.3, -0.25) is 9.59 Å². The lowest BCUT2D eigenvalue weighted by molar-refractivity contribution is -0.137. The summed E-state index contributed by atoms with van der Waals surface area (Å²) in [5, 5.41) is 5.51. The molecule has 2 amide bonds. The maximum Gasteiger partial charge on any atom is 0.416 e. The van der Waals surface area contributed by atoms with Crippen LogP contribution in [-0.2, 0) is 17.5 Å². The monoisotopic (exact) mass is 428 g/mol. The average molecular weight is 428 g/mol. The lowest BCUT2D eigenvalue weighted by Crippen LogP contribution is -2.25. The summed E-state index contributed by atoms with van der Waals surface area (Å²) >= 11 is 0. The molecule has 0 aliphatic heterocycles. The van der Waals surface area contributed by atoms with E-state index in [4.69, 9.17) is 4.42 Å². The first-order valence-corrected chi connectivity index (χ1v) is 9.70. The van der Waals surface area contributed by atoms with E-state index in [9.17, 15) is 22.8 Å². The van der Waals surface area contributed by atoms with Gasteiger partial charge >= 0.3 is 6.18 Å². The van der Waals surface area contributed by atoms with E-state index in [0.717, 1.165) is 12.1 Å². The number of furan rings is 1. The zero-order valence-electron chi connectivity index (χ0n) is 16.3. The molecule has 1 heterocycles. The molecular formula is C23H19F3N2O3. The van der Waals surface area contributed by atoms with Gasteiger partial charge in [-0.05, 0) is 54.3 Å². The molecule has 5 nitrogen and oxygen atoms in total. The van der Waals surface area contributed by atoms with Gasteiger partial charge in [0.2, 0.25) is 5.91 Å². The Morgan fingerprint density at radius 2 is 1.74 bits per heavy atom. The van der Waals surface area contributed by atoms with Gasteiger partial charge in [0, 0.05) is 5.92 Å². The maximum atomic E-state index is 12.7. The number of nitrogens with one attached hydrogen (secondary N) is 2. The van der Waals surface area contributed by atoms with Crippen LogP contribution < -0.4 is 10.6 Å². The van der Waals surface area contributed by atoms with E-state index in [1.54, 1.807) is 36.4 Å². The number of rotatable bonds is 6. The quantitative estimate of drug-likeness (QED) is 0.582. The van der Waals surface area contributed by atoms with Crippen molar-refractivity contribution in [2.24, 2.45) is 5.92 Å². The molecular weight excluding hydrogens is 409 g/mol. The Labute approximate surface area is 176 Å². The Morgan fingerprint density at radius 1 is 1.00 bits per heavy atom. The predicted molar refractivity (Wildman–Crippen MR) is 107 cm³/mol. The van der Waals surface area contributed by atoms with Crippen LogP contribution in [0.5, 0.6) is 0 Å². The van der Waals surface area contributed by atoms with Gasteiger partial charge in [0.05, 0.1) is 29.6 Å². The topological polar surface area (TPSA) is 71.3 Å². The van der Waals surface area contributed by atoms with Crippen LogP contribution >= 0.6 is 0 Å². The number of hydrogen-bond donors (Lipinski definition) is 2. The van der Waals surface area contributed by atoms with Gasteiger partial charge in [0.1, 0.15) is 5.76 Å². The molecule has 0 radical (unpaired) electrons. The Balaban J connectivity index is 1.39. The van der Waals surface area contributed by atoms with Gasteiger partial charge in [0.15, 0.2) is 0 Å². The zero-order valence-corrected chi connectivity index (χ0v) is 16.3. The second kappa shape index (κ2) is 8.29. The molecule has 1 aliphatic rings. The van der Waals surface area contributed by atoms with E-state index in [2.05, 4.69) is 10.6 Å². The molecule has 2 N–H and O–H groups in total. The fourth-order valence-corrected chi connectivity index (χ4v) is 3.46. The van der Waals surface area contributed by atoms with Crippen molar-refractivity contribution < 1.29 is 27.2 Å². The van der Waals surface area contributed by atoms with Crippen LogP contribution in [0.1, 0.15) is 39.6 Å². The van der Waals surface area contributed by atoms with Crippen molar-refractivity contribution in [3.8, 4) is 0 Å². The van der Waals surface area contributed by atoms with Crippen molar-refractivity contribution in [2.75, 3.05) is 5.32 Å². The normalized spacial score (nSPS) is 17.8. The number of hydrogen-bond acceptors (Lipinski definition) is 3. The summed E-state index contributed by atoms with van der Waals surface area (Å²) in [7, 11) is 0. The number of benzene rings is 2. The number of amides is 2. The van der Waals surface area contributed by atoms with Gasteiger partial charge in [-0.25, -0.2) is 0 Å². The molecule has 2 atom stereocenters. The lowest BCUT2D eigenvalue weighted by Gasteiger charge is -2.11. The molecule has 2 unspecified atom stereocenters. The van der Waals surface area contributed by atoms with Crippen molar-refractivity contribution in [2.45, 2.75) is 25.1 Å². The van der Waals surface area contributed by atoms with Crippen molar-refractivity contribution in [1.82, 2.24) is 5.32 Å². The number of carbonyl (C=O) groups is 2. The summed E-state index contributed by atoms with van der Waals surface area (Å²) < 4.78 is 43.3. The minimum Gasteiger partial charge on any atom is -0.467 e. The van der Waals surface area contributed by atoms with E-state index in [0.29, 0.717) is 29.0 Å². The summed E-state index contributed by atoms with van der Waals surface area (Å²) in [4.78, 5) is 25.2. The molecule has 1 aliphatic carbocycles. The zero-order chi connectivity index (χ0) is 22.0. The second-order valence-electron chi connectivity index (χ2n) is 7.37. The van der Waals surface area contributed by atoms with Crippen LogP contribution in [0.25, 0.3) is 0 Å². The summed E-state index contributed by atoms with van der Waals surface area (Å²) in [6.45, 7) is 0.215. The minimum absolute atomic E-state index is 0.137. The first-order chi connectivity index (χ1) is 14.8. The third-order valence-corrected chi connectivity index (χ3v) is 5.23. The molecule has 3 aromatic rings. The molecule has 0 bridgehead atoms. The molecule has 4 rings (SSSR count). The summed E-state index contributed by atoms with van der Waals surface area (Å²) in [6.07, 6.45) is -2.33. The lowest BCUT2D eigenvalue weighted by atomic mass is 10.1. The van der Waals surface area contributed by atoms with Crippen molar-refractivity contribution in [3.63, 3.8) is 0 Å². The smallest absolute Gasteiger partial charge is 0.416 e. The van der Waals surface area contributed by atoms with Crippen LogP contribution in [0, 0.1) is 5.92 Å². The Kier molecular flexibility index (Phi) is 5.54. The largest absolute Gasteiger partial charge is 0.467 e. The predicted octanol–water partition coefficient (Wildman–Crippen LogP) is 4.97. The highest BCUT2D eigenvalue weighted by Crippen LogP contribution is 2.48. The molecule has 31 heavy (non-hydrogen) atoms. The maximum absolute atomic E-state index is 12.7. The van der Waals surface area contributed by atoms with Crippen molar-refractivity contribution in [3.05, 3.63) is 89.4 Å². The standard InChI is InChI=1S/C23H19F3N2O3/c24-23(25,26)15-9-7-14(8-10-15)18-12-19(18)22(30)28-20-6-2-1-5-17(20)21(29)27-13-16-4-3-11-31-16/h1-11,18-19H,12-13H2,(H,27,29)(H,28,30). The molecule has 0 spiro atoms. The number of carbonyl (C=O) groups excluding carboxylic acids is 2. The van der Waals surface area contributed by atoms with Gasteiger partial charge in [-0.1, -0.05) is 24.3 Å². The third-order valence-electron chi connectivity index (χ3n) is 5.23.